The number of likely N-dealkylation sites (tertiary alicyclic amines) is 1. The number of hydrogen-bond acceptors (Lipinski definition) is 5. The number of phenols is 1. The Balaban J connectivity index is 1.89. The lowest BCUT2D eigenvalue weighted by molar-refractivity contribution is -0.122. The van der Waals surface area contributed by atoms with Gasteiger partial charge in [0.1, 0.15) is 5.75 Å². The number of aryl methyl sites for hydroxylation is 1. The third kappa shape index (κ3) is 2.96. The highest BCUT2D eigenvalue weighted by Crippen LogP contribution is 2.37. The van der Waals surface area contributed by atoms with E-state index in [1.165, 1.54) is 0 Å². The molecular weight excluding hydrogens is 310 g/mol. The van der Waals surface area contributed by atoms with E-state index in [1.54, 1.807) is 22.9 Å². The lowest BCUT2D eigenvalue weighted by Gasteiger charge is -2.29. The second kappa shape index (κ2) is 6.29. The molecule has 0 saturated carbocycles. The van der Waals surface area contributed by atoms with Gasteiger partial charge in [-0.1, -0.05) is 12.1 Å². The Labute approximate surface area is 139 Å². The standard InChI is InChI=1S/C17H21N3O2S/c1-10-16(23-9-19-10)12-5-6-13(15(21)8-12)11(2)20-7-3-4-14(20)17(18)22/h5-6,8-9,11,14,21H,3-4,7H2,1-2H3,(H2,18,22)/t11-,14?/m0/s1. The van der Waals surface area contributed by atoms with Crippen LogP contribution >= 0.6 is 11.3 Å². The maximum Gasteiger partial charge on any atom is 0.234 e. The largest absolute Gasteiger partial charge is 0.508 e. The van der Waals surface area contributed by atoms with Crippen molar-refractivity contribution in [1.82, 2.24) is 9.88 Å². The zero-order valence-electron chi connectivity index (χ0n) is 13.3. The molecule has 5 nitrogen and oxygen atoms in total. The van der Waals surface area contributed by atoms with Crippen LogP contribution in [0.1, 0.15) is 37.1 Å². The van der Waals surface area contributed by atoms with Gasteiger partial charge in [-0.2, -0.15) is 0 Å². The van der Waals surface area contributed by atoms with Crippen molar-refractivity contribution in [3.63, 3.8) is 0 Å². The van der Waals surface area contributed by atoms with Crippen LogP contribution in [-0.4, -0.2) is 33.5 Å². The van der Waals surface area contributed by atoms with Crippen molar-refractivity contribution in [3.8, 4) is 16.2 Å². The van der Waals surface area contributed by atoms with E-state index < -0.39 is 0 Å². The molecule has 6 heteroatoms. The van der Waals surface area contributed by atoms with E-state index >= 15 is 0 Å². The number of thiazole rings is 1. The van der Waals surface area contributed by atoms with Crippen molar-refractivity contribution in [2.24, 2.45) is 5.73 Å². The first-order valence-electron chi connectivity index (χ1n) is 7.77. The summed E-state index contributed by atoms with van der Waals surface area (Å²) in [7, 11) is 0. The molecule has 2 heterocycles. The molecule has 122 valence electrons. The van der Waals surface area contributed by atoms with Gasteiger partial charge in [0.05, 0.1) is 22.1 Å². The van der Waals surface area contributed by atoms with Gasteiger partial charge in [0.2, 0.25) is 5.91 Å². The summed E-state index contributed by atoms with van der Waals surface area (Å²) >= 11 is 1.56. The summed E-state index contributed by atoms with van der Waals surface area (Å²) in [5.41, 5.74) is 10.1. The molecule has 0 aliphatic carbocycles. The maximum absolute atomic E-state index is 11.6. The molecule has 3 N–H and O–H groups in total. The van der Waals surface area contributed by atoms with E-state index in [0.29, 0.717) is 0 Å². The highest BCUT2D eigenvalue weighted by Gasteiger charge is 2.33. The van der Waals surface area contributed by atoms with E-state index in [9.17, 15) is 9.90 Å². The number of rotatable bonds is 4. The second-order valence-electron chi connectivity index (χ2n) is 6.01. The Morgan fingerprint density at radius 1 is 1.52 bits per heavy atom. The van der Waals surface area contributed by atoms with Gasteiger partial charge in [-0.25, -0.2) is 4.98 Å². The number of carbonyl (C=O) groups is 1. The monoisotopic (exact) mass is 331 g/mol. The van der Waals surface area contributed by atoms with Gasteiger partial charge < -0.3 is 10.8 Å². The van der Waals surface area contributed by atoms with E-state index in [-0.39, 0.29) is 23.7 Å². The van der Waals surface area contributed by atoms with Crippen molar-refractivity contribution in [2.75, 3.05) is 6.54 Å². The third-order valence-corrected chi connectivity index (χ3v) is 5.59. The minimum Gasteiger partial charge on any atom is -0.508 e. The Bertz CT molecular complexity index is 728. The molecule has 1 aromatic heterocycles. The van der Waals surface area contributed by atoms with Gasteiger partial charge in [-0.05, 0) is 44.9 Å². The topological polar surface area (TPSA) is 79.5 Å². The highest BCUT2D eigenvalue weighted by molar-refractivity contribution is 7.13. The van der Waals surface area contributed by atoms with Crippen LogP contribution in [0.3, 0.4) is 0 Å². The van der Waals surface area contributed by atoms with E-state index in [1.807, 2.05) is 26.0 Å². The molecule has 0 spiro atoms. The lowest BCUT2D eigenvalue weighted by Crippen LogP contribution is -2.41. The second-order valence-corrected chi connectivity index (χ2v) is 6.87. The molecule has 1 aromatic carbocycles. The number of hydrogen-bond donors (Lipinski definition) is 2. The van der Waals surface area contributed by atoms with E-state index in [0.717, 1.165) is 41.1 Å². The number of nitrogens with two attached hydrogens (primary N) is 1. The fraction of sp³-hybridized carbons (Fsp3) is 0.412. The van der Waals surface area contributed by atoms with Crippen LogP contribution < -0.4 is 5.73 Å². The quantitative estimate of drug-likeness (QED) is 0.903. The molecule has 0 radical (unpaired) electrons. The van der Waals surface area contributed by atoms with Gasteiger partial charge in [0.15, 0.2) is 0 Å². The Hall–Kier alpha value is -1.92. The predicted molar refractivity (Wildman–Crippen MR) is 91.3 cm³/mol. The van der Waals surface area contributed by atoms with Crippen molar-refractivity contribution < 1.29 is 9.90 Å². The molecule has 3 rings (SSSR count). The molecule has 23 heavy (non-hydrogen) atoms. The molecule has 2 atom stereocenters. The molecule has 1 fully saturated rings. The molecular formula is C17H21N3O2S. The number of phenolic OH excluding ortho intramolecular Hbond substituents is 1. The number of benzene rings is 1. The third-order valence-electron chi connectivity index (χ3n) is 4.61. The van der Waals surface area contributed by atoms with Crippen LogP contribution in [0.2, 0.25) is 0 Å². The summed E-state index contributed by atoms with van der Waals surface area (Å²) in [5, 5.41) is 10.5. The molecule has 1 aliphatic rings. The molecule has 1 unspecified atom stereocenters. The summed E-state index contributed by atoms with van der Waals surface area (Å²) in [4.78, 5) is 19.0. The van der Waals surface area contributed by atoms with Crippen molar-refractivity contribution in [2.45, 2.75) is 38.8 Å². The fourth-order valence-corrected chi connectivity index (χ4v) is 4.16. The molecule has 1 aliphatic heterocycles. The first-order valence-corrected chi connectivity index (χ1v) is 8.65. The first kappa shape index (κ1) is 16.0. The number of primary amides is 1. The molecule has 1 amide bonds. The van der Waals surface area contributed by atoms with Crippen LogP contribution in [0, 0.1) is 6.92 Å². The van der Waals surface area contributed by atoms with Gasteiger partial charge in [-0.3, -0.25) is 9.69 Å². The Kier molecular flexibility index (Phi) is 4.37. The summed E-state index contributed by atoms with van der Waals surface area (Å²) in [5.74, 6) is -0.0383. The van der Waals surface area contributed by atoms with Crippen molar-refractivity contribution >= 4 is 17.2 Å². The predicted octanol–water partition coefficient (Wildman–Crippen LogP) is 2.83. The smallest absolute Gasteiger partial charge is 0.234 e. The summed E-state index contributed by atoms with van der Waals surface area (Å²) in [6.45, 7) is 4.79. The van der Waals surface area contributed by atoms with Crippen LogP contribution in [0.4, 0.5) is 0 Å². The fourth-order valence-electron chi connectivity index (χ4n) is 3.35. The van der Waals surface area contributed by atoms with Crippen LogP contribution in [0.25, 0.3) is 10.4 Å². The van der Waals surface area contributed by atoms with E-state index in [2.05, 4.69) is 9.88 Å². The lowest BCUT2D eigenvalue weighted by atomic mass is 10.0. The Morgan fingerprint density at radius 2 is 2.30 bits per heavy atom. The molecule has 1 saturated heterocycles. The number of aromatic nitrogens is 1. The first-order chi connectivity index (χ1) is 11.0. The average Bonchev–Trinajstić information content (AvgIpc) is 3.15. The summed E-state index contributed by atoms with van der Waals surface area (Å²) < 4.78 is 0. The summed E-state index contributed by atoms with van der Waals surface area (Å²) in [6.07, 6.45) is 1.75. The van der Waals surface area contributed by atoms with Gasteiger partial charge in [0.25, 0.3) is 0 Å². The normalized spacial score (nSPS) is 19.8. The van der Waals surface area contributed by atoms with Crippen molar-refractivity contribution in [1.29, 1.82) is 0 Å². The average molecular weight is 331 g/mol. The van der Waals surface area contributed by atoms with Gasteiger partial charge >= 0.3 is 0 Å². The highest BCUT2D eigenvalue weighted by atomic mass is 32.1. The number of nitrogens with zero attached hydrogens (tertiary/aromatic N) is 2. The van der Waals surface area contributed by atoms with Crippen molar-refractivity contribution in [3.05, 3.63) is 35.0 Å². The summed E-state index contributed by atoms with van der Waals surface area (Å²) in [6, 6.07) is 5.42. The number of amides is 1. The van der Waals surface area contributed by atoms with Crippen LogP contribution in [-0.2, 0) is 4.79 Å². The minimum absolute atomic E-state index is 0.0494. The Morgan fingerprint density at radius 3 is 2.91 bits per heavy atom. The van der Waals surface area contributed by atoms with Gasteiger partial charge in [-0.15, -0.1) is 11.3 Å². The maximum atomic E-state index is 11.6. The van der Waals surface area contributed by atoms with Crippen LogP contribution in [0.15, 0.2) is 23.7 Å². The zero-order chi connectivity index (χ0) is 16.6. The minimum atomic E-state index is -0.286. The zero-order valence-corrected chi connectivity index (χ0v) is 14.1. The molecule has 0 bridgehead atoms. The SMILES string of the molecule is Cc1ncsc1-c1ccc([C@H](C)N2CCCC2C(N)=O)c(O)c1. The van der Waals surface area contributed by atoms with E-state index in [4.69, 9.17) is 5.73 Å². The van der Waals surface area contributed by atoms with Crippen LogP contribution in [0.5, 0.6) is 5.75 Å². The van der Waals surface area contributed by atoms with Gasteiger partial charge in [0, 0.05) is 11.6 Å². The number of aromatic hydroxyl groups is 1. The molecule has 2 aromatic rings. The number of carbonyl (C=O) groups excluding carboxylic acids is 1.